The average molecular weight is 848 g/mol. The van der Waals surface area contributed by atoms with Gasteiger partial charge in [-0.3, -0.25) is 9.35 Å². The monoisotopic (exact) mass is 848 g/mol. The molecule has 58 heavy (non-hydrogen) atoms. The van der Waals surface area contributed by atoms with Gasteiger partial charge in [-0.2, -0.15) is 8.42 Å². The molecular formula is C44H81NO12S. The van der Waals surface area contributed by atoms with Crippen molar-refractivity contribution in [3.05, 3.63) is 36.5 Å². The van der Waals surface area contributed by atoms with Crippen molar-refractivity contribution in [2.75, 3.05) is 13.2 Å². The van der Waals surface area contributed by atoms with E-state index >= 15 is 0 Å². The van der Waals surface area contributed by atoms with E-state index in [-0.39, 0.29) is 6.42 Å². The van der Waals surface area contributed by atoms with Gasteiger partial charge in [0.05, 0.1) is 25.4 Å². The van der Waals surface area contributed by atoms with Crippen LogP contribution in [0.3, 0.4) is 0 Å². The zero-order valence-electron chi connectivity index (χ0n) is 35.7. The van der Waals surface area contributed by atoms with Gasteiger partial charge in [0.25, 0.3) is 0 Å². The van der Waals surface area contributed by atoms with Crippen molar-refractivity contribution in [2.45, 2.75) is 223 Å². The number of amides is 1. The minimum absolute atomic E-state index is 0.230. The van der Waals surface area contributed by atoms with Gasteiger partial charge in [-0.1, -0.05) is 159 Å². The molecule has 0 bridgehead atoms. The van der Waals surface area contributed by atoms with Crippen LogP contribution in [0.4, 0.5) is 0 Å². The molecule has 0 spiro atoms. The lowest BCUT2D eigenvalue weighted by Gasteiger charge is -2.41. The fourth-order valence-corrected chi connectivity index (χ4v) is 7.41. The Hall–Kier alpha value is -1.72. The maximum Gasteiger partial charge on any atom is 0.397 e. The number of nitrogens with one attached hydrogen (secondary N) is 1. The molecule has 14 heteroatoms. The Labute approximate surface area is 350 Å². The number of rotatable bonds is 37. The number of hydrogen-bond acceptors (Lipinski definition) is 11. The third-order valence-electron chi connectivity index (χ3n) is 10.5. The zero-order valence-corrected chi connectivity index (χ0v) is 36.5. The molecule has 1 saturated heterocycles. The summed E-state index contributed by atoms with van der Waals surface area (Å²) < 4.78 is 47.3. The van der Waals surface area contributed by atoms with Crippen LogP contribution in [0.2, 0.25) is 0 Å². The third-order valence-corrected chi connectivity index (χ3v) is 11.0. The van der Waals surface area contributed by atoms with Crippen LogP contribution >= 0.6 is 0 Å². The number of ether oxygens (including phenoxy) is 2. The van der Waals surface area contributed by atoms with Crippen LogP contribution in [0.25, 0.3) is 0 Å². The van der Waals surface area contributed by atoms with Gasteiger partial charge >= 0.3 is 10.4 Å². The van der Waals surface area contributed by atoms with Crippen LogP contribution in [0.5, 0.6) is 0 Å². The van der Waals surface area contributed by atoms with Gasteiger partial charge in [-0.25, -0.2) is 4.18 Å². The predicted molar refractivity (Wildman–Crippen MR) is 228 cm³/mol. The summed E-state index contributed by atoms with van der Waals surface area (Å²) in [5.74, 6) is -0.716. The van der Waals surface area contributed by atoms with Crippen molar-refractivity contribution < 1.29 is 57.0 Å². The van der Waals surface area contributed by atoms with Crippen LogP contribution in [0.15, 0.2) is 36.5 Å². The quantitative estimate of drug-likeness (QED) is 0.0187. The van der Waals surface area contributed by atoms with Crippen molar-refractivity contribution in [3.8, 4) is 0 Å². The molecule has 0 radical (unpaired) electrons. The Morgan fingerprint density at radius 1 is 0.707 bits per heavy atom. The number of aliphatic hydroxyl groups is 5. The molecule has 0 saturated carbocycles. The molecule has 0 aromatic rings. The van der Waals surface area contributed by atoms with Gasteiger partial charge in [-0.05, 0) is 51.4 Å². The van der Waals surface area contributed by atoms with Crippen LogP contribution in [0.1, 0.15) is 174 Å². The summed E-state index contributed by atoms with van der Waals surface area (Å²) in [4.78, 5) is 13.0. The second kappa shape index (κ2) is 34.9. The molecule has 1 rings (SSSR count). The first-order chi connectivity index (χ1) is 27.9. The lowest BCUT2D eigenvalue weighted by atomic mass is 9.99. The van der Waals surface area contributed by atoms with Crippen LogP contribution in [0, 0.1) is 0 Å². The predicted octanol–water partition coefficient (Wildman–Crippen LogP) is 7.30. The number of hydrogen-bond donors (Lipinski definition) is 7. The number of carbonyl (C=O) groups is 1. The fourth-order valence-electron chi connectivity index (χ4n) is 6.90. The summed E-state index contributed by atoms with van der Waals surface area (Å²) in [5.41, 5.74) is 0. The minimum atomic E-state index is -5.11. The second-order valence-corrected chi connectivity index (χ2v) is 16.8. The van der Waals surface area contributed by atoms with Crippen LogP contribution in [-0.4, -0.2) is 107 Å². The van der Waals surface area contributed by atoms with Crippen molar-refractivity contribution in [1.29, 1.82) is 0 Å². The molecular weight excluding hydrogens is 767 g/mol. The Morgan fingerprint density at radius 2 is 1.19 bits per heavy atom. The van der Waals surface area contributed by atoms with E-state index < -0.39 is 78.5 Å². The van der Waals surface area contributed by atoms with E-state index in [4.69, 9.17) is 14.0 Å². The Kier molecular flexibility index (Phi) is 32.7. The van der Waals surface area contributed by atoms with Crippen molar-refractivity contribution in [3.63, 3.8) is 0 Å². The zero-order chi connectivity index (χ0) is 42.9. The molecule has 8 unspecified atom stereocenters. The molecule has 0 aromatic carbocycles. The second-order valence-electron chi connectivity index (χ2n) is 15.8. The number of carbonyl (C=O) groups excluding carboxylic acids is 1. The largest absolute Gasteiger partial charge is 0.397 e. The van der Waals surface area contributed by atoms with E-state index in [0.717, 1.165) is 77.0 Å². The lowest BCUT2D eigenvalue weighted by Crippen LogP contribution is -2.61. The van der Waals surface area contributed by atoms with Gasteiger partial charge in [-0.15, -0.1) is 0 Å². The van der Waals surface area contributed by atoms with E-state index in [9.17, 15) is 38.7 Å². The molecule has 8 atom stereocenters. The fraction of sp³-hybridized carbons (Fsp3) is 0.841. The first-order valence-corrected chi connectivity index (χ1v) is 23.8. The number of unbranched alkanes of at least 4 members (excludes halogenated alkanes) is 20. The first-order valence-electron chi connectivity index (χ1n) is 22.5. The highest BCUT2D eigenvalue weighted by molar-refractivity contribution is 7.80. The molecule has 340 valence electrons. The molecule has 1 aliphatic heterocycles. The molecule has 0 aliphatic carbocycles. The normalized spacial score (nSPS) is 22.0. The van der Waals surface area contributed by atoms with Crippen molar-refractivity contribution in [2.24, 2.45) is 0 Å². The highest BCUT2D eigenvalue weighted by atomic mass is 32.3. The Bertz CT molecular complexity index is 1200. The smallest absolute Gasteiger partial charge is 0.394 e. The van der Waals surface area contributed by atoms with Gasteiger partial charge in [0.2, 0.25) is 5.91 Å². The standard InChI is InChI=1S/C44H81NO12S/c1-3-5-7-9-11-12-13-14-15-16-17-18-19-20-21-22-23-24-25-27-29-31-33-38(48)43(51)45-36(37(47)32-30-28-26-10-8-6-4-2)35-55-44-41(50)42(57-58(52,53)54)40(49)39(34-46)56-44/h17-18,20-21,30,32,36-42,44,46-50H,3-16,19,22-29,31,33-35H2,1-2H3,(H,45,51)(H,52,53,54)/b18-17-,21-20-,32-30+. The van der Waals surface area contributed by atoms with Gasteiger partial charge in [0.1, 0.15) is 30.5 Å². The number of allylic oxidation sites excluding steroid dienone is 5. The van der Waals surface area contributed by atoms with E-state index in [1.807, 2.05) is 0 Å². The van der Waals surface area contributed by atoms with E-state index in [0.29, 0.717) is 12.8 Å². The summed E-state index contributed by atoms with van der Waals surface area (Å²) in [6.07, 6.45) is 28.5. The average Bonchev–Trinajstić information content (AvgIpc) is 3.19. The number of aliphatic hydroxyl groups excluding tert-OH is 5. The third kappa shape index (κ3) is 27.2. The van der Waals surface area contributed by atoms with Crippen molar-refractivity contribution in [1.82, 2.24) is 5.32 Å². The molecule has 1 heterocycles. The van der Waals surface area contributed by atoms with Crippen LogP contribution in [-0.2, 0) is 28.9 Å². The maximum absolute atomic E-state index is 13.0. The minimum Gasteiger partial charge on any atom is -0.394 e. The molecule has 0 aromatic heterocycles. The molecule has 1 aliphatic rings. The molecule has 1 fully saturated rings. The molecule has 13 nitrogen and oxygen atoms in total. The van der Waals surface area contributed by atoms with Gasteiger partial charge in [0, 0.05) is 0 Å². The highest BCUT2D eigenvalue weighted by Crippen LogP contribution is 2.26. The SMILES string of the molecule is CCCCCCC/C=C/C(O)C(COC1OC(CO)C(O)C(OS(=O)(=O)O)C1O)NC(=O)C(O)CCCCCCCC/C=C\C/C=C\CCCCCCCCCCC. The summed E-state index contributed by atoms with van der Waals surface area (Å²) in [5, 5.41) is 54.8. The summed E-state index contributed by atoms with van der Waals surface area (Å²) >= 11 is 0. The van der Waals surface area contributed by atoms with E-state index in [1.54, 1.807) is 6.08 Å². The van der Waals surface area contributed by atoms with Crippen LogP contribution < -0.4 is 5.32 Å². The topological polar surface area (TPSA) is 212 Å². The Balaban J connectivity index is 2.45. The van der Waals surface area contributed by atoms with Gasteiger partial charge < -0.3 is 40.3 Å². The highest BCUT2D eigenvalue weighted by Gasteiger charge is 2.48. The van der Waals surface area contributed by atoms with Gasteiger partial charge in [0.15, 0.2) is 6.29 Å². The molecule has 7 N–H and O–H groups in total. The van der Waals surface area contributed by atoms with E-state index in [2.05, 4.69) is 47.7 Å². The first kappa shape index (κ1) is 54.3. The Morgan fingerprint density at radius 3 is 1.69 bits per heavy atom. The summed E-state index contributed by atoms with van der Waals surface area (Å²) in [7, 11) is -5.11. The maximum atomic E-state index is 13.0. The summed E-state index contributed by atoms with van der Waals surface area (Å²) in [6.45, 7) is 3.12. The lowest BCUT2D eigenvalue weighted by molar-refractivity contribution is -0.298. The molecule has 1 amide bonds. The van der Waals surface area contributed by atoms with Crippen molar-refractivity contribution >= 4 is 16.3 Å². The van der Waals surface area contributed by atoms with E-state index in [1.165, 1.54) is 70.3 Å². The summed E-state index contributed by atoms with van der Waals surface area (Å²) in [6, 6.07) is -1.12.